The lowest BCUT2D eigenvalue weighted by molar-refractivity contribution is -0.187. The van der Waals surface area contributed by atoms with E-state index in [1.807, 2.05) is 0 Å². The second-order valence-corrected chi connectivity index (χ2v) is 5.81. The van der Waals surface area contributed by atoms with Crippen molar-refractivity contribution < 1.29 is 15.0 Å². The molecule has 16 heavy (non-hydrogen) atoms. The first-order valence-electron chi connectivity index (χ1n) is 6.46. The second-order valence-electron chi connectivity index (χ2n) is 5.81. The number of rotatable bonds is 2. The maximum Gasteiger partial charge on any atom is 0.312 e. The number of hydrogen-bond acceptors (Lipinski definition) is 2. The van der Waals surface area contributed by atoms with E-state index in [1.54, 1.807) is 0 Å². The van der Waals surface area contributed by atoms with Gasteiger partial charge in [-0.05, 0) is 38.0 Å². The third kappa shape index (κ3) is 1.65. The van der Waals surface area contributed by atoms with Gasteiger partial charge in [0.15, 0.2) is 0 Å². The summed E-state index contributed by atoms with van der Waals surface area (Å²) in [5.41, 5.74) is -1.76. The van der Waals surface area contributed by atoms with Gasteiger partial charge >= 0.3 is 5.97 Å². The van der Waals surface area contributed by atoms with E-state index < -0.39 is 17.0 Å². The Morgan fingerprint density at radius 2 is 1.81 bits per heavy atom. The van der Waals surface area contributed by atoms with Crippen LogP contribution < -0.4 is 0 Å². The molecule has 0 aromatic carbocycles. The minimum Gasteiger partial charge on any atom is -0.481 e. The standard InChI is InChI=1S/C13H22O3/c1-10-4-2-8-13(16,9-5-10)12(11(14)15)6-3-7-12/h10,16H,2-9H2,1H3,(H,14,15). The zero-order chi connectivity index (χ0) is 11.8. The largest absolute Gasteiger partial charge is 0.481 e. The molecule has 2 rings (SSSR count). The van der Waals surface area contributed by atoms with E-state index in [-0.39, 0.29) is 0 Å². The van der Waals surface area contributed by atoms with Crippen LogP contribution >= 0.6 is 0 Å². The number of aliphatic carboxylic acids is 1. The van der Waals surface area contributed by atoms with Crippen molar-refractivity contribution in [3.05, 3.63) is 0 Å². The van der Waals surface area contributed by atoms with Crippen LogP contribution in [-0.2, 0) is 4.79 Å². The maximum absolute atomic E-state index is 11.4. The minimum absolute atomic E-state index is 0.625. The lowest BCUT2D eigenvalue weighted by Gasteiger charge is -2.50. The van der Waals surface area contributed by atoms with Crippen molar-refractivity contribution in [1.82, 2.24) is 0 Å². The van der Waals surface area contributed by atoms with E-state index in [1.165, 1.54) is 0 Å². The Morgan fingerprint density at radius 1 is 1.12 bits per heavy atom. The molecule has 2 atom stereocenters. The van der Waals surface area contributed by atoms with Gasteiger partial charge < -0.3 is 10.2 Å². The van der Waals surface area contributed by atoms with E-state index in [9.17, 15) is 15.0 Å². The predicted molar refractivity (Wildman–Crippen MR) is 61.1 cm³/mol. The molecule has 0 aromatic rings. The van der Waals surface area contributed by atoms with E-state index in [4.69, 9.17) is 0 Å². The molecule has 0 spiro atoms. The highest BCUT2D eigenvalue weighted by Gasteiger charge is 2.59. The summed E-state index contributed by atoms with van der Waals surface area (Å²) in [5, 5.41) is 20.1. The number of carboxylic acids is 1. The normalized spacial score (nSPS) is 38.5. The molecule has 92 valence electrons. The Labute approximate surface area is 96.9 Å². The van der Waals surface area contributed by atoms with E-state index in [2.05, 4.69) is 6.92 Å². The number of carbonyl (C=O) groups is 1. The van der Waals surface area contributed by atoms with Crippen molar-refractivity contribution in [2.75, 3.05) is 0 Å². The van der Waals surface area contributed by atoms with E-state index in [0.717, 1.165) is 25.7 Å². The summed E-state index contributed by atoms with van der Waals surface area (Å²) in [6.07, 6.45) is 6.66. The average Bonchev–Trinajstić information content (AvgIpc) is 2.26. The fourth-order valence-electron chi connectivity index (χ4n) is 3.38. The molecule has 0 saturated heterocycles. The van der Waals surface area contributed by atoms with Crippen LogP contribution in [0.2, 0.25) is 0 Å². The first-order valence-corrected chi connectivity index (χ1v) is 6.46. The molecular weight excluding hydrogens is 204 g/mol. The smallest absolute Gasteiger partial charge is 0.312 e. The zero-order valence-electron chi connectivity index (χ0n) is 10.0. The molecule has 2 aliphatic carbocycles. The van der Waals surface area contributed by atoms with Crippen LogP contribution in [0.1, 0.15) is 58.3 Å². The second kappa shape index (κ2) is 4.02. The molecule has 2 fully saturated rings. The number of hydrogen-bond donors (Lipinski definition) is 2. The van der Waals surface area contributed by atoms with Gasteiger partial charge in [-0.15, -0.1) is 0 Å². The lowest BCUT2D eigenvalue weighted by Crippen LogP contribution is -2.57. The third-order valence-corrected chi connectivity index (χ3v) is 4.85. The number of carboxylic acid groups (broad SMARTS) is 1. The number of aliphatic hydroxyl groups is 1. The maximum atomic E-state index is 11.4. The molecule has 2 saturated carbocycles. The molecule has 2 aliphatic rings. The quantitative estimate of drug-likeness (QED) is 0.711. The van der Waals surface area contributed by atoms with Crippen LogP contribution in [0, 0.1) is 11.3 Å². The molecule has 2 unspecified atom stereocenters. The Morgan fingerprint density at radius 3 is 2.31 bits per heavy atom. The summed E-state index contributed by atoms with van der Waals surface area (Å²) in [4.78, 5) is 11.4. The molecule has 2 N–H and O–H groups in total. The fraction of sp³-hybridized carbons (Fsp3) is 0.923. The zero-order valence-corrected chi connectivity index (χ0v) is 10.0. The van der Waals surface area contributed by atoms with Crippen LogP contribution in [-0.4, -0.2) is 21.8 Å². The predicted octanol–water partition coefficient (Wildman–Crippen LogP) is 2.57. The minimum atomic E-state index is -0.943. The van der Waals surface area contributed by atoms with Gasteiger partial charge in [0.05, 0.1) is 11.0 Å². The van der Waals surface area contributed by atoms with Crippen molar-refractivity contribution >= 4 is 5.97 Å². The van der Waals surface area contributed by atoms with Gasteiger partial charge in [0.1, 0.15) is 0 Å². The summed E-state index contributed by atoms with van der Waals surface area (Å²) < 4.78 is 0. The molecule has 0 heterocycles. The van der Waals surface area contributed by atoms with Gasteiger partial charge in [-0.3, -0.25) is 4.79 Å². The van der Waals surface area contributed by atoms with Crippen LogP contribution in [0.15, 0.2) is 0 Å². The van der Waals surface area contributed by atoms with Crippen molar-refractivity contribution in [1.29, 1.82) is 0 Å². The third-order valence-electron chi connectivity index (χ3n) is 4.85. The van der Waals surface area contributed by atoms with Gasteiger partial charge in [-0.1, -0.05) is 26.2 Å². The topological polar surface area (TPSA) is 57.5 Å². The van der Waals surface area contributed by atoms with Crippen molar-refractivity contribution in [3.63, 3.8) is 0 Å². The van der Waals surface area contributed by atoms with Gasteiger partial charge in [0, 0.05) is 0 Å². The molecule has 0 bridgehead atoms. The molecule has 0 radical (unpaired) electrons. The highest BCUT2D eigenvalue weighted by atomic mass is 16.4. The van der Waals surface area contributed by atoms with Crippen molar-refractivity contribution in [3.8, 4) is 0 Å². The molecule has 0 amide bonds. The van der Waals surface area contributed by atoms with Gasteiger partial charge in [-0.25, -0.2) is 0 Å². The van der Waals surface area contributed by atoms with Gasteiger partial charge in [0.2, 0.25) is 0 Å². The van der Waals surface area contributed by atoms with Crippen molar-refractivity contribution in [2.24, 2.45) is 11.3 Å². The van der Waals surface area contributed by atoms with Gasteiger partial charge in [-0.2, -0.15) is 0 Å². The molecular formula is C13H22O3. The Hall–Kier alpha value is -0.570. The Bertz CT molecular complexity index is 283. The van der Waals surface area contributed by atoms with Crippen LogP contribution in [0.4, 0.5) is 0 Å². The summed E-state index contributed by atoms with van der Waals surface area (Å²) in [6.45, 7) is 2.19. The highest BCUT2D eigenvalue weighted by molar-refractivity contribution is 5.77. The molecule has 0 aromatic heterocycles. The summed E-state index contributed by atoms with van der Waals surface area (Å²) in [5.74, 6) is -0.157. The SMILES string of the molecule is CC1CCCC(O)(C2(C(=O)O)CCC2)CC1. The van der Waals surface area contributed by atoms with Crippen LogP contribution in [0.5, 0.6) is 0 Å². The van der Waals surface area contributed by atoms with Crippen LogP contribution in [0.3, 0.4) is 0 Å². The highest BCUT2D eigenvalue weighted by Crippen LogP contribution is 2.54. The summed E-state index contributed by atoms with van der Waals surface area (Å²) in [7, 11) is 0. The van der Waals surface area contributed by atoms with E-state index in [0.29, 0.717) is 31.6 Å². The molecule has 3 nitrogen and oxygen atoms in total. The van der Waals surface area contributed by atoms with Crippen molar-refractivity contribution in [2.45, 2.75) is 63.9 Å². The van der Waals surface area contributed by atoms with Gasteiger partial charge in [0.25, 0.3) is 0 Å². The molecule has 3 heteroatoms. The first kappa shape index (κ1) is 11.9. The summed E-state index contributed by atoms with van der Waals surface area (Å²) in [6, 6.07) is 0. The average molecular weight is 226 g/mol. The first-order chi connectivity index (χ1) is 7.50. The Balaban J connectivity index is 2.19. The molecule has 0 aliphatic heterocycles. The summed E-state index contributed by atoms with van der Waals surface area (Å²) >= 11 is 0. The lowest BCUT2D eigenvalue weighted by atomic mass is 9.56. The van der Waals surface area contributed by atoms with E-state index >= 15 is 0 Å². The van der Waals surface area contributed by atoms with Crippen LogP contribution in [0.25, 0.3) is 0 Å². The monoisotopic (exact) mass is 226 g/mol. The fourth-order valence-corrected chi connectivity index (χ4v) is 3.38. The Kier molecular flexibility index (Phi) is 2.99.